The van der Waals surface area contributed by atoms with E-state index in [4.69, 9.17) is 0 Å². The Kier molecular flexibility index (Phi) is 5.22. The van der Waals surface area contributed by atoms with Crippen molar-refractivity contribution in [1.29, 1.82) is 0 Å². The average molecular weight is 354 g/mol. The molecule has 0 radical (unpaired) electrons. The van der Waals surface area contributed by atoms with Gasteiger partial charge in [-0.15, -0.1) is 0 Å². The second-order valence-electron chi connectivity index (χ2n) is 5.43. The van der Waals surface area contributed by atoms with Gasteiger partial charge in [0.2, 0.25) is 0 Å². The number of rotatable bonds is 6. The highest BCUT2D eigenvalue weighted by atomic mass is 79.9. The first-order valence-electron chi connectivity index (χ1n) is 7.50. The van der Waals surface area contributed by atoms with Crippen molar-refractivity contribution in [3.8, 4) is 0 Å². The van der Waals surface area contributed by atoms with Crippen molar-refractivity contribution >= 4 is 15.9 Å². The standard InChI is InChI=1S/C15H24BrN5/c1-6-17-14(13-8-11(5)19-20(13)7-2)15-12(16)9-18-21(15)10(3)4/h8-10,14,17H,6-7H2,1-5H3. The van der Waals surface area contributed by atoms with E-state index in [9.17, 15) is 0 Å². The fourth-order valence-electron chi connectivity index (χ4n) is 2.63. The minimum Gasteiger partial charge on any atom is -0.304 e. The summed E-state index contributed by atoms with van der Waals surface area (Å²) in [4.78, 5) is 0. The molecule has 1 atom stereocenters. The zero-order valence-corrected chi connectivity index (χ0v) is 15.0. The number of hydrogen-bond donors (Lipinski definition) is 1. The molecule has 0 aliphatic heterocycles. The molecule has 0 fully saturated rings. The SMILES string of the molecule is CCNC(c1cc(C)nn1CC)c1c(Br)cnn1C(C)C. The molecule has 6 heteroatoms. The van der Waals surface area contributed by atoms with Gasteiger partial charge in [0.25, 0.3) is 0 Å². The van der Waals surface area contributed by atoms with Crippen molar-refractivity contribution in [3.05, 3.63) is 33.8 Å². The van der Waals surface area contributed by atoms with Crippen LogP contribution in [-0.2, 0) is 6.54 Å². The van der Waals surface area contributed by atoms with Crippen LogP contribution in [0.2, 0.25) is 0 Å². The molecule has 1 unspecified atom stereocenters. The molecule has 2 aromatic heterocycles. The van der Waals surface area contributed by atoms with Gasteiger partial charge < -0.3 is 5.32 Å². The number of halogens is 1. The number of hydrogen-bond acceptors (Lipinski definition) is 3. The van der Waals surface area contributed by atoms with E-state index in [2.05, 4.69) is 74.6 Å². The summed E-state index contributed by atoms with van der Waals surface area (Å²) in [5.74, 6) is 0. The van der Waals surface area contributed by atoms with Gasteiger partial charge in [-0.3, -0.25) is 9.36 Å². The summed E-state index contributed by atoms with van der Waals surface area (Å²) in [5, 5.41) is 12.7. The summed E-state index contributed by atoms with van der Waals surface area (Å²) in [6.45, 7) is 12.3. The Labute approximate surface area is 134 Å². The highest BCUT2D eigenvalue weighted by Gasteiger charge is 2.25. The summed E-state index contributed by atoms with van der Waals surface area (Å²) in [6, 6.07) is 2.54. The summed E-state index contributed by atoms with van der Waals surface area (Å²) in [6.07, 6.45) is 1.87. The average Bonchev–Trinajstić information content (AvgIpc) is 2.99. The normalized spacial score (nSPS) is 13.1. The Morgan fingerprint density at radius 3 is 2.62 bits per heavy atom. The van der Waals surface area contributed by atoms with E-state index in [1.165, 1.54) is 5.69 Å². The van der Waals surface area contributed by atoms with Gasteiger partial charge in [0, 0.05) is 12.6 Å². The molecule has 0 saturated carbocycles. The molecule has 0 spiro atoms. The van der Waals surface area contributed by atoms with Gasteiger partial charge in [0.05, 0.1) is 33.8 Å². The number of aryl methyl sites for hydroxylation is 2. The van der Waals surface area contributed by atoms with Crippen LogP contribution in [-0.4, -0.2) is 26.1 Å². The third-order valence-electron chi connectivity index (χ3n) is 3.49. The molecule has 0 bridgehead atoms. The lowest BCUT2D eigenvalue weighted by Gasteiger charge is -2.22. The predicted molar refractivity (Wildman–Crippen MR) is 88.5 cm³/mol. The quantitative estimate of drug-likeness (QED) is 0.864. The topological polar surface area (TPSA) is 47.7 Å². The Hall–Kier alpha value is -1.14. The van der Waals surface area contributed by atoms with Crippen LogP contribution in [0, 0.1) is 6.92 Å². The van der Waals surface area contributed by atoms with E-state index in [0.29, 0.717) is 6.04 Å². The van der Waals surface area contributed by atoms with Crippen molar-refractivity contribution in [3.63, 3.8) is 0 Å². The molecular weight excluding hydrogens is 330 g/mol. The van der Waals surface area contributed by atoms with Crippen LogP contribution >= 0.6 is 15.9 Å². The van der Waals surface area contributed by atoms with Gasteiger partial charge in [0.15, 0.2) is 0 Å². The maximum atomic E-state index is 4.58. The van der Waals surface area contributed by atoms with Crippen molar-refractivity contribution in [2.24, 2.45) is 0 Å². The molecule has 5 nitrogen and oxygen atoms in total. The number of nitrogens with one attached hydrogen (secondary N) is 1. The van der Waals surface area contributed by atoms with Gasteiger partial charge in [0.1, 0.15) is 0 Å². The van der Waals surface area contributed by atoms with Crippen LogP contribution in [0.1, 0.15) is 56.9 Å². The van der Waals surface area contributed by atoms with Gasteiger partial charge >= 0.3 is 0 Å². The van der Waals surface area contributed by atoms with Crippen molar-refractivity contribution in [2.45, 2.75) is 53.2 Å². The van der Waals surface area contributed by atoms with Crippen LogP contribution in [0.3, 0.4) is 0 Å². The fraction of sp³-hybridized carbons (Fsp3) is 0.600. The van der Waals surface area contributed by atoms with Crippen LogP contribution in [0.15, 0.2) is 16.7 Å². The minimum absolute atomic E-state index is 0.0791. The van der Waals surface area contributed by atoms with Crippen LogP contribution in [0.4, 0.5) is 0 Å². The van der Waals surface area contributed by atoms with E-state index < -0.39 is 0 Å². The van der Waals surface area contributed by atoms with E-state index in [-0.39, 0.29) is 6.04 Å². The van der Waals surface area contributed by atoms with Crippen molar-refractivity contribution in [1.82, 2.24) is 24.9 Å². The molecule has 0 aliphatic carbocycles. The smallest absolute Gasteiger partial charge is 0.0930 e. The van der Waals surface area contributed by atoms with Gasteiger partial charge in [-0.05, 0) is 56.2 Å². The summed E-state index contributed by atoms with van der Waals surface area (Å²) >= 11 is 3.65. The molecule has 2 heterocycles. The lowest BCUT2D eigenvalue weighted by atomic mass is 10.1. The van der Waals surface area contributed by atoms with Crippen LogP contribution in [0.5, 0.6) is 0 Å². The van der Waals surface area contributed by atoms with Crippen LogP contribution < -0.4 is 5.32 Å². The third-order valence-corrected chi connectivity index (χ3v) is 4.10. The fourth-order valence-corrected chi connectivity index (χ4v) is 3.13. The van der Waals surface area contributed by atoms with Crippen molar-refractivity contribution in [2.75, 3.05) is 6.54 Å². The molecule has 0 amide bonds. The Morgan fingerprint density at radius 1 is 1.33 bits per heavy atom. The maximum Gasteiger partial charge on any atom is 0.0930 e. The Bertz CT molecular complexity index is 599. The zero-order valence-electron chi connectivity index (χ0n) is 13.4. The van der Waals surface area contributed by atoms with Crippen LogP contribution in [0.25, 0.3) is 0 Å². The Balaban J connectivity index is 2.56. The van der Waals surface area contributed by atoms with Gasteiger partial charge in [-0.25, -0.2) is 0 Å². The van der Waals surface area contributed by atoms with Gasteiger partial charge in [-0.1, -0.05) is 6.92 Å². The first-order chi connectivity index (χ1) is 9.99. The van der Waals surface area contributed by atoms with Gasteiger partial charge in [-0.2, -0.15) is 10.2 Å². The molecule has 1 N–H and O–H groups in total. The molecule has 2 rings (SSSR count). The predicted octanol–water partition coefficient (Wildman–Crippen LogP) is 3.45. The molecule has 0 saturated heterocycles. The molecule has 116 valence electrons. The van der Waals surface area contributed by atoms with E-state index in [0.717, 1.165) is 29.0 Å². The van der Waals surface area contributed by atoms with E-state index >= 15 is 0 Å². The lowest BCUT2D eigenvalue weighted by Crippen LogP contribution is -2.28. The highest BCUT2D eigenvalue weighted by Crippen LogP contribution is 2.30. The second kappa shape index (κ2) is 6.75. The summed E-state index contributed by atoms with van der Waals surface area (Å²) < 4.78 is 5.16. The Morgan fingerprint density at radius 2 is 2.05 bits per heavy atom. The van der Waals surface area contributed by atoms with Crippen molar-refractivity contribution < 1.29 is 0 Å². The molecular formula is C15H24BrN5. The monoisotopic (exact) mass is 353 g/mol. The first-order valence-corrected chi connectivity index (χ1v) is 8.29. The largest absolute Gasteiger partial charge is 0.304 e. The first kappa shape index (κ1) is 16.2. The number of nitrogens with zero attached hydrogens (tertiary/aromatic N) is 4. The maximum absolute atomic E-state index is 4.58. The minimum atomic E-state index is 0.0791. The van der Waals surface area contributed by atoms with E-state index in [1.54, 1.807) is 0 Å². The molecule has 21 heavy (non-hydrogen) atoms. The molecule has 2 aromatic rings. The lowest BCUT2D eigenvalue weighted by molar-refractivity contribution is 0.458. The summed E-state index contributed by atoms with van der Waals surface area (Å²) in [5.41, 5.74) is 3.38. The molecule has 0 aliphatic rings. The van der Waals surface area contributed by atoms with E-state index in [1.807, 2.05) is 13.1 Å². The zero-order chi connectivity index (χ0) is 15.6. The highest BCUT2D eigenvalue weighted by molar-refractivity contribution is 9.10. The number of aromatic nitrogens is 4. The third kappa shape index (κ3) is 3.21. The summed E-state index contributed by atoms with van der Waals surface area (Å²) in [7, 11) is 0. The second-order valence-corrected chi connectivity index (χ2v) is 6.29. The molecule has 0 aromatic carbocycles.